The number of nitrogens with one attached hydrogen (secondary N) is 1. The average molecular weight is 331 g/mol. The van der Waals surface area contributed by atoms with Gasteiger partial charge in [-0.2, -0.15) is 0 Å². The second kappa shape index (κ2) is 5.17. The molecule has 23 heavy (non-hydrogen) atoms. The summed E-state index contributed by atoms with van der Waals surface area (Å²) in [7, 11) is 0. The number of hydrogen-bond acceptors (Lipinski definition) is 1. The molecule has 3 aromatic rings. The zero-order valence-electron chi connectivity index (χ0n) is 12.4. The maximum Gasteiger partial charge on any atom is 0.168 e. The van der Waals surface area contributed by atoms with Gasteiger partial charge in [0.15, 0.2) is 11.6 Å². The molecule has 2 heterocycles. The van der Waals surface area contributed by atoms with Crippen LogP contribution in [0.1, 0.15) is 22.4 Å². The van der Waals surface area contributed by atoms with Gasteiger partial charge < -0.3 is 4.98 Å². The lowest BCUT2D eigenvalue weighted by Gasteiger charge is -2.15. The van der Waals surface area contributed by atoms with Crippen molar-refractivity contribution in [1.82, 2.24) is 4.98 Å². The maximum absolute atomic E-state index is 14.4. The first-order chi connectivity index (χ1) is 11.1. The van der Waals surface area contributed by atoms with Gasteiger partial charge in [-0.15, -0.1) is 0 Å². The van der Waals surface area contributed by atoms with E-state index in [0.717, 1.165) is 28.6 Å². The van der Waals surface area contributed by atoms with Crippen molar-refractivity contribution in [3.05, 3.63) is 69.4 Å². The molecule has 1 aliphatic heterocycles. The highest BCUT2D eigenvalue weighted by Crippen LogP contribution is 2.31. The number of rotatable bonds is 1. The Morgan fingerprint density at radius 1 is 1.13 bits per heavy atom. The van der Waals surface area contributed by atoms with Crippen LogP contribution in [0, 0.1) is 18.6 Å². The summed E-state index contributed by atoms with van der Waals surface area (Å²) in [6.07, 6.45) is 0.745. The Balaban J connectivity index is 1.95. The lowest BCUT2D eigenvalue weighted by molar-refractivity contribution is 0.501. The molecule has 4 rings (SSSR count). The van der Waals surface area contributed by atoms with Gasteiger partial charge in [0.2, 0.25) is 0 Å². The Bertz CT molecular complexity index is 973. The number of halogens is 3. The summed E-state index contributed by atoms with van der Waals surface area (Å²) < 4.78 is 28.3. The number of aliphatic imine (C=N–C) groups is 1. The van der Waals surface area contributed by atoms with Crippen LogP contribution >= 0.6 is 11.6 Å². The van der Waals surface area contributed by atoms with Crippen molar-refractivity contribution < 1.29 is 8.78 Å². The third-order valence-electron chi connectivity index (χ3n) is 4.27. The normalized spacial score (nSPS) is 14.0. The number of nitrogens with zero attached hydrogens (tertiary/aromatic N) is 1. The molecule has 1 aliphatic rings. The number of aromatic nitrogens is 1. The Morgan fingerprint density at radius 3 is 2.78 bits per heavy atom. The van der Waals surface area contributed by atoms with Gasteiger partial charge in [-0.1, -0.05) is 17.7 Å². The van der Waals surface area contributed by atoms with E-state index in [4.69, 9.17) is 11.6 Å². The van der Waals surface area contributed by atoms with Gasteiger partial charge in [0.1, 0.15) is 0 Å². The first-order valence-corrected chi connectivity index (χ1v) is 7.74. The van der Waals surface area contributed by atoms with Crippen LogP contribution in [0.4, 0.5) is 8.78 Å². The van der Waals surface area contributed by atoms with E-state index in [1.165, 1.54) is 0 Å². The lowest BCUT2D eigenvalue weighted by Crippen LogP contribution is -2.16. The monoisotopic (exact) mass is 330 g/mol. The molecule has 2 nitrogen and oxygen atoms in total. The summed E-state index contributed by atoms with van der Waals surface area (Å²) in [6, 6.07) is 8.74. The molecular weight excluding hydrogens is 318 g/mol. The Morgan fingerprint density at radius 2 is 1.96 bits per heavy atom. The standard InChI is InChI=1S/C18H13ClF2N2/c1-9-2-4-12(16(21)15(9)20)17-18-11(6-7-22-17)13-8-10(19)3-5-14(13)23-18/h2-5,8,23H,6-7H2,1H3. The number of hydrogen-bond donors (Lipinski definition) is 1. The second-order valence-corrected chi connectivity index (χ2v) is 6.14. The largest absolute Gasteiger partial charge is 0.353 e. The van der Waals surface area contributed by atoms with Gasteiger partial charge in [-0.25, -0.2) is 8.78 Å². The minimum Gasteiger partial charge on any atom is -0.353 e. The van der Waals surface area contributed by atoms with Gasteiger partial charge >= 0.3 is 0 Å². The molecule has 5 heteroatoms. The van der Waals surface area contributed by atoms with Gasteiger partial charge in [0, 0.05) is 28.0 Å². The first kappa shape index (κ1) is 14.4. The van der Waals surface area contributed by atoms with Crippen molar-refractivity contribution in [2.75, 3.05) is 6.54 Å². The number of aryl methyl sites for hydroxylation is 1. The quantitative estimate of drug-likeness (QED) is 0.664. The SMILES string of the molecule is Cc1ccc(C2=NCCc3c2[nH]c2ccc(Cl)cc32)c(F)c1F. The minimum absolute atomic E-state index is 0.187. The molecule has 0 saturated heterocycles. The molecule has 0 saturated carbocycles. The average Bonchev–Trinajstić information content (AvgIpc) is 2.91. The van der Waals surface area contributed by atoms with Gasteiger partial charge in [-0.05, 0) is 48.7 Å². The third kappa shape index (κ3) is 2.17. The topological polar surface area (TPSA) is 28.1 Å². The summed E-state index contributed by atoms with van der Waals surface area (Å²) in [5.74, 6) is -1.68. The van der Waals surface area contributed by atoms with Crippen molar-refractivity contribution in [2.24, 2.45) is 4.99 Å². The van der Waals surface area contributed by atoms with Crippen LogP contribution in [-0.2, 0) is 6.42 Å². The molecule has 0 unspecified atom stereocenters. The van der Waals surface area contributed by atoms with Crippen molar-refractivity contribution >= 4 is 28.2 Å². The van der Waals surface area contributed by atoms with E-state index in [9.17, 15) is 8.78 Å². The summed E-state index contributed by atoms with van der Waals surface area (Å²) in [5.41, 5.74) is 3.65. The van der Waals surface area contributed by atoms with E-state index < -0.39 is 11.6 Å². The fourth-order valence-corrected chi connectivity index (χ4v) is 3.26. The van der Waals surface area contributed by atoms with Crippen molar-refractivity contribution in [3.63, 3.8) is 0 Å². The number of benzene rings is 2. The molecule has 2 aromatic carbocycles. The van der Waals surface area contributed by atoms with Crippen LogP contribution in [0.15, 0.2) is 35.3 Å². The van der Waals surface area contributed by atoms with E-state index in [2.05, 4.69) is 9.98 Å². The van der Waals surface area contributed by atoms with Crippen LogP contribution in [0.2, 0.25) is 5.02 Å². The molecule has 0 bridgehead atoms. The molecule has 0 spiro atoms. The van der Waals surface area contributed by atoms with Crippen LogP contribution in [0.25, 0.3) is 10.9 Å². The Labute approximate surface area is 136 Å². The zero-order chi connectivity index (χ0) is 16.1. The molecule has 116 valence electrons. The summed E-state index contributed by atoms with van der Waals surface area (Å²) in [6.45, 7) is 2.08. The number of fused-ring (bicyclic) bond motifs is 3. The van der Waals surface area contributed by atoms with Crippen molar-refractivity contribution in [1.29, 1.82) is 0 Å². The van der Waals surface area contributed by atoms with E-state index in [-0.39, 0.29) is 11.1 Å². The minimum atomic E-state index is -0.853. The highest BCUT2D eigenvalue weighted by molar-refractivity contribution is 6.31. The van der Waals surface area contributed by atoms with Gasteiger partial charge in [0.05, 0.1) is 11.4 Å². The summed E-state index contributed by atoms with van der Waals surface area (Å²) >= 11 is 6.08. The highest BCUT2D eigenvalue weighted by atomic mass is 35.5. The van der Waals surface area contributed by atoms with Crippen molar-refractivity contribution in [3.8, 4) is 0 Å². The fourth-order valence-electron chi connectivity index (χ4n) is 3.09. The van der Waals surface area contributed by atoms with Gasteiger partial charge in [0.25, 0.3) is 0 Å². The first-order valence-electron chi connectivity index (χ1n) is 7.36. The van der Waals surface area contributed by atoms with Crippen LogP contribution < -0.4 is 0 Å². The molecule has 0 radical (unpaired) electrons. The molecule has 0 fully saturated rings. The van der Waals surface area contributed by atoms with E-state index >= 15 is 0 Å². The van der Waals surface area contributed by atoms with E-state index in [1.54, 1.807) is 25.1 Å². The number of aromatic amines is 1. The molecule has 0 aliphatic carbocycles. The predicted molar refractivity (Wildman–Crippen MR) is 88.6 cm³/mol. The molecule has 1 aromatic heterocycles. The van der Waals surface area contributed by atoms with Crippen LogP contribution in [0.3, 0.4) is 0 Å². The maximum atomic E-state index is 14.4. The molecule has 0 atom stereocenters. The molecular formula is C18H13ClF2N2. The summed E-state index contributed by atoms with van der Waals surface area (Å²) in [5, 5.41) is 1.66. The van der Waals surface area contributed by atoms with Crippen LogP contribution in [0.5, 0.6) is 0 Å². The lowest BCUT2D eigenvalue weighted by atomic mass is 9.97. The molecule has 1 N–H and O–H groups in total. The zero-order valence-corrected chi connectivity index (χ0v) is 13.1. The Hall–Kier alpha value is -2.20. The van der Waals surface area contributed by atoms with E-state index in [0.29, 0.717) is 17.3 Å². The van der Waals surface area contributed by atoms with Crippen LogP contribution in [-0.4, -0.2) is 17.2 Å². The predicted octanol–water partition coefficient (Wildman–Crippen LogP) is 4.80. The van der Waals surface area contributed by atoms with E-state index in [1.807, 2.05) is 12.1 Å². The Kier molecular flexibility index (Phi) is 3.23. The second-order valence-electron chi connectivity index (χ2n) is 5.71. The fraction of sp³-hybridized carbons (Fsp3) is 0.167. The highest BCUT2D eigenvalue weighted by Gasteiger charge is 2.24. The number of H-pyrrole nitrogens is 1. The third-order valence-corrected chi connectivity index (χ3v) is 4.50. The smallest absolute Gasteiger partial charge is 0.168 e. The van der Waals surface area contributed by atoms with Crippen molar-refractivity contribution in [2.45, 2.75) is 13.3 Å². The van der Waals surface area contributed by atoms with Gasteiger partial charge in [-0.3, -0.25) is 4.99 Å². The molecule has 0 amide bonds. The summed E-state index contributed by atoms with van der Waals surface area (Å²) in [4.78, 5) is 7.71.